The van der Waals surface area contributed by atoms with Crippen LogP contribution in [0.3, 0.4) is 0 Å². The first kappa shape index (κ1) is 13.7. The standard InChI is InChI=1S/C18H20N2O/c1-12(2)9-10-21-13-7-8-17-15(11-13)18(19)14-5-3-4-6-16(14)20-17/h3-8,11-12H,9-10H2,1-2H3,(H2,19,20). The molecule has 3 rings (SSSR count). The summed E-state index contributed by atoms with van der Waals surface area (Å²) in [4.78, 5) is 4.65. The number of anilines is 1. The number of hydrogen-bond donors (Lipinski definition) is 1. The molecule has 0 atom stereocenters. The molecule has 0 aliphatic heterocycles. The van der Waals surface area contributed by atoms with Crippen molar-refractivity contribution >= 4 is 27.5 Å². The molecule has 0 aliphatic carbocycles. The van der Waals surface area contributed by atoms with Gasteiger partial charge in [-0.3, -0.25) is 0 Å². The maximum atomic E-state index is 6.30. The molecule has 0 aliphatic rings. The number of nitrogens with two attached hydrogens (primary N) is 1. The zero-order valence-electron chi connectivity index (χ0n) is 12.5. The van der Waals surface area contributed by atoms with E-state index in [0.717, 1.165) is 46.3 Å². The van der Waals surface area contributed by atoms with Gasteiger partial charge in [-0.1, -0.05) is 32.0 Å². The zero-order chi connectivity index (χ0) is 14.8. The van der Waals surface area contributed by atoms with E-state index in [0.29, 0.717) is 5.92 Å². The normalized spacial score (nSPS) is 11.4. The second-order valence-electron chi connectivity index (χ2n) is 5.75. The van der Waals surface area contributed by atoms with Crippen LogP contribution in [0.5, 0.6) is 5.75 Å². The van der Waals surface area contributed by atoms with Crippen molar-refractivity contribution in [2.75, 3.05) is 12.3 Å². The molecule has 0 spiro atoms. The van der Waals surface area contributed by atoms with Crippen molar-refractivity contribution in [1.29, 1.82) is 0 Å². The molecule has 0 amide bonds. The molecule has 0 saturated heterocycles. The van der Waals surface area contributed by atoms with E-state index in [-0.39, 0.29) is 0 Å². The van der Waals surface area contributed by atoms with Crippen molar-refractivity contribution in [2.45, 2.75) is 20.3 Å². The molecule has 0 fully saturated rings. The van der Waals surface area contributed by atoms with Crippen molar-refractivity contribution in [3.8, 4) is 5.75 Å². The molecule has 0 bridgehead atoms. The smallest absolute Gasteiger partial charge is 0.120 e. The number of ether oxygens (including phenoxy) is 1. The molecule has 21 heavy (non-hydrogen) atoms. The highest BCUT2D eigenvalue weighted by Crippen LogP contribution is 2.30. The minimum absolute atomic E-state index is 0.640. The first-order valence-electron chi connectivity index (χ1n) is 7.36. The largest absolute Gasteiger partial charge is 0.494 e. The van der Waals surface area contributed by atoms with Gasteiger partial charge in [-0.05, 0) is 36.6 Å². The summed E-state index contributed by atoms with van der Waals surface area (Å²) in [5.41, 5.74) is 8.91. The minimum Gasteiger partial charge on any atom is -0.494 e. The summed E-state index contributed by atoms with van der Waals surface area (Å²) in [5.74, 6) is 1.49. The van der Waals surface area contributed by atoms with Gasteiger partial charge in [0.05, 0.1) is 23.3 Å². The highest BCUT2D eigenvalue weighted by molar-refractivity contribution is 6.06. The average molecular weight is 280 g/mol. The van der Waals surface area contributed by atoms with Gasteiger partial charge in [-0.15, -0.1) is 0 Å². The molecule has 2 aromatic carbocycles. The quantitative estimate of drug-likeness (QED) is 0.721. The van der Waals surface area contributed by atoms with Gasteiger partial charge in [0.1, 0.15) is 5.75 Å². The molecule has 0 unspecified atom stereocenters. The van der Waals surface area contributed by atoms with E-state index in [1.165, 1.54) is 0 Å². The van der Waals surface area contributed by atoms with E-state index in [1.54, 1.807) is 0 Å². The van der Waals surface area contributed by atoms with Crippen LogP contribution in [-0.4, -0.2) is 11.6 Å². The van der Waals surface area contributed by atoms with Gasteiger partial charge in [-0.2, -0.15) is 0 Å². The Balaban J connectivity index is 2.00. The SMILES string of the molecule is CC(C)CCOc1ccc2nc3ccccc3c(N)c2c1. The molecule has 0 radical (unpaired) electrons. The number of rotatable bonds is 4. The predicted molar refractivity (Wildman–Crippen MR) is 88.6 cm³/mol. The fourth-order valence-corrected chi connectivity index (χ4v) is 2.40. The average Bonchev–Trinajstić information content (AvgIpc) is 2.48. The first-order valence-corrected chi connectivity index (χ1v) is 7.36. The summed E-state index contributed by atoms with van der Waals surface area (Å²) < 4.78 is 5.81. The van der Waals surface area contributed by atoms with Crippen molar-refractivity contribution in [3.63, 3.8) is 0 Å². The molecule has 3 heteroatoms. The van der Waals surface area contributed by atoms with Crippen LogP contribution in [-0.2, 0) is 0 Å². The molecule has 3 aromatic rings. The van der Waals surface area contributed by atoms with E-state index >= 15 is 0 Å². The van der Waals surface area contributed by atoms with E-state index in [9.17, 15) is 0 Å². The van der Waals surface area contributed by atoms with Crippen LogP contribution in [0.2, 0.25) is 0 Å². The Bertz CT molecular complexity index is 781. The first-order chi connectivity index (χ1) is 10.1. The number of para-hydroxylation sites is 1. The van der Waals surface area contributed by atoms with Crippen LogP contribution >= 0.6 is 0 Å². The fraction of sp³-hybridized carbons (Fsp3) is 0.278. The third kappa shape index (κ3) is 2.77. The number of aromatic nitrogens is 1. The fourth-order valence-electron chi connectivity index (χ4n) is 2.40. The predicted octanol–water partition coefficient (Wildman–Crippen LogP) is 4.40. The van der Waals surface area contributed by atoms with Gasteiger partial charge in [0.2, 0.25) is 0 Å². The Kier molecular flexibility index (Phi) is 3.65. The number of pyridine rings is 1. The zero-order valence-corrected chi connectivity index (χ0v) is 12.5. The molecular formula is C18H20N2O. The number of hydrogen-bond acceptors (Lipinski definition) is 3. The summed E-state index contributed by atoms with van der Waals surface area (Å²) in [5, 5.41) is 1.94. The van der Waals surface area contributed by atoms with Crippen LogP contribution in [0, 0.1) is 5.92 Å². The van der Waals surface area contributed by atoms with Crippen LogP contribution in [0.4, 0.5) is 5.69 Å². The molecular weight excluding hydrogens is 260 g/mol. The second kappa shape index (κ2) is 5.60. The molecule has 1 heterocycles. The Labute approximate surface area is 124 Å². The summed E-state index contributed by atoms with van der Waals surface area (Å²) >= 11 is 0. The maximum absolute atomic E-state index is 6.30. The van der Waals surface area contributed by atoms with Gasteiger partial charge >= 0.3 is 0 Å². The molecule has 2 N–H and O–H groups in total. The summed E-state index contributed by atoms with van der Waals surface area (Å²) in [6, 6.07) is 13.9. The summed E-state index contributed by atoms with van der Waals surface area (Å²) in [7, 11) is 0. The molecule has 3 nitrogen and oxygen atoms in total. The van der Waals surface area contributed by atoms with Gasteiger partial charge in [0, 0.05) is 10.8 Å². The van der Waals surface area contributed by atoms with Crippen molar-refractivity contribution in [2.24, 2.45) is 5.92 Å². The van der Waals surface area contributed by atoms with Gasteiger partial charge in [0.25, 0.3) is 0 Å². The number of fused-ring (bicyclic) bond motifs is 2. The minimum atomic E-state index is 0.640. The lowest BCUT2D eigenvalue weighted by molar-refractivity contribution is 0.290. The van der Waals surface area contributed by atoms with Crippen LogP contribution in [0.15, 0.2) is 42.5 Å². The van der Waals surface area contributed by atoms with Crippen LogP contribution in [0.25, 0.3) is 21.8 Å². The molecule has 108 valence electrons. The van der Waals surface area contributed by atoms with Crippen molar-refractivity contribution < 1.29 is 4.74 Å². The topological polar surface area (TPSA) is 48.1 Å². The van der Waals surface area contributed by atoms with Crippen LogP contribution < -0.4 is 10.5 Å². The van der Waals surface area contributed by atoms with E-state index < -0.39 is 0 Å². The second-order valence-corrected chi connectivity index (χ2v) is 5.75. The van der Waals surface area contributed by atoms with Crippen molar-refractivity contribution in [3.05, 3.63) is 42.5 Å². The monoisotopic (exact) mass is 280 g/mol. The van der Waals surface area contributed by atoms with Crippen LogP contribution in [0.1, 0.15) is 20.3 Å². The number of nitrogen functional groups attached to an aromatic ring is 1. The molecule has 1 aromatic heterocycles. The van der Waals surface area contributed by atoms with E-state index in [2.05, 4.69) is 18.8 Å². The van der Waals surface area contributed by atoms with Gasteiger partial charge in [0.15, 0.2) is 0 Å². The third-order valence-corrected chi connectivity index (χ3v) is 3.66. The lowest BCUT2D eigenvalue weighted by Crippen LogP contribution is -2.01. The summed E-state index contributed by atoms with van der Waals surface area (Å²) in [6.45, 7) is 5.11. The number of nitrogens with zero attached hydrogens (tertiary/aromatic N) is 1. The Morgan fingerprint density at radius 1 is 1.05 bits per heavy atom. The third-order valence-electron chi connectivity index (χ3n) is 3.66. The Morgan fingerprint density at radius 3 is 2.62 bits per heavy atom. The van der Waals surface area contributed by atoms with Gasteiger partial charge in [-0.25, -0.2) is 4.98 Å². The van der Waals surface area contributed by atoms with E-state index in [1.807, 2.05) is 42.5 Å². The maximum Gasteiger partial charge on any atom is 0.120 e. The van der Waals surface area contributed by atoms with Gasteiger partial charge < -0.3 is 10.5 Å². The lowest BCUT2D eigenvalue weighted by atomic mass is 10.1. The highest BCUT2D eigenvalue weighted by atomic mass is 16.5. The highest BCUT2D eigenvalue weighted by Gasteiger charge is 2.07. The Hall–Kier alpha value is -2.29. The van der Waals surface area contributed by atoms with Crippen molar-refractivity contribution in [1.82, 2.24) is 4.98 Å². The Morgan fingerprint density at radius 2 is 1.81 bits per heavy atom. The summed E-state index contributed by atoms with van der Waals surface area (Å²) in [6.07, 6.45) is 1.05. The molecule has 0 saturated carbocycles. The number of benzene rings is 2. The lowest BCUT2D eigenvalue weighted by Gasteiger charge is -2.11. The van der Waals surface area contributed by atoms with E-state index in [4.69, 9.17) is 10.5 Å².